The smallest absolute Gasteiger partial charge is 0.134 e. The Balaban J connectivity index is 2.80. The maximum atomic E-state index is 5.05. The van der Waals surface area contributed by atoms with Crippen LogP contribution >= 0.6 is 0 Å². The zero-order valence-corrected chi connectivity index (χ0v) is 12.5. The number of methoxy groups -OCH3 is 1. The van der Waals surface area contributed by atoms with Crippen LogP contribution < -0.4 is 10.6 Å². The first-order valence-electron chi connectivity index (χ1n) is 7.07. The highest BCUT2D eigenvalue weighted by Gasteiger charge is 2.09. The van der Waals surface area contributed by atoms with Crippen LogP contribution in [0.3, 0.4) is 0 Å². The molecule has 0 aliphatic rings. The van der Waals surface area contributed by atoms with Crippen LogP contribution in [0.25, 0.3) is 0 Å². The van der Waals surface area contributed by atoms with Gasteiger partial charge in [0.2, 0.25) is 0 Å². The third-order valence-electron chi connectivity index (χ3n) is 2.83. The Bertz CT molecular complexity index is 382. The Morgan fingerprint density at radius 2 is 1.79 bits per heavy atom. The molecule has 5 heteroatoms. The molecular formula is C14H26N4O. The van der Waals surface area contributed by atoms with E-state index in [0.717, 1.165) is 62.0 Å². The van der Waals surface area contributed by atoms with E-state index in [1.165, 1.54) is 0 Å². The molecule has 1 aromatic rings. The molecule has 0 atom stereocenters. The van der Waals surface area contributed by atoms with Crippen LogP contribution in [0.5, 0.6) is 0 Å². The highest BCUT2D eigenvalue weighted by molar-refractivity contribution is 5.57. The van der Waals surface area contributed by atoms with Crippen molar-refractivity contribution < 1.29 is 4.74 Å². The van der Waals surface area contributed by atoms with Crippen LogP contribution in [0.15, 0.2) is 0 Å². The fourth-order valence-corrected chi connectivity index (χ4v) is 1.83. The van der Waals surface area contributed by atoms with Gasteiger partial charge in [0.05, 0.1) is 0 Å². The van der Waals surface area contributed by atoms with Gasteiger partial charge in [0.1, 0.15) is 17.5 Å². The van der Waals surface area contributed by atoms with Gasteiger partial charge in [-0.1, -0.05) is 6.92 Å². The Morgan fingerprint density at radius 3 is 2.37 bits per heavy atom. The zero-order chi connectivity index (χ0) is 14.1. The van der Waals surface area contributed by atoms with Gasteiger partial charge in [0, 0.05) is 38.8 Å². The van der Waals surface area contributed by atoms with Crippen molar-refractivity contribution in [2.75, 3.05) is 37.4 Å². The predicted molar refractivity (Wildman–Crippen MR) is 79.9 cm³/mol. The standard InChI is InChI=1S/C14H26N4O/c1-5-8-12-17-13(15-6-2)11(3)14(18-12)16-9-7-10-19-4/h5-10H2,1-4H3,(H2,15,16,17,18). The highest BCUT2D eigenvalue weighted by Crippen LogP contribution is 2.20. The van der Waals surface area contributed by atoms with Crippen molar-refractivity contribution in [1.29, 1.82) is 0 Å². The highest BCUT2D eigenvalue weighted by atomic mass is 16.5. The van der Waals surface area contributed by atoms with Gasteiger partial charge in [-0.3, -0.25) is 0 Å². The Morgan fingerprint density at radius 1 is 1.11 bits per heavy atom. The topological polar surface area (TPSA) is 59.1 Å². The van der Waals surface area contributed by atoms with Crippen LogP contribution in [0.1, 0.15) is 38.1 Å². The van der Waals surface area contributed by atoms with Crippen molar-refractivity contribution in [2.45, 2.75) is 40.0 Å². The summed E-state index contributed by atoms with van der Waals surface area (Å²) in [6, 6.07) is 0. The van der Waals surface area contributed by atoms with Gasteiger partial charge in [-0.2, -0.15) is 0 Å². The van der Waals surface area contributed by atoms with Crippen molar-refractivity contribution in [3.63, 3.8) is 0 Å². The van der Waals surface area contributed by atoms with Crippen LogP contribution in [0.2, 0.25) is 0 Å². The maximum Gasteiger partial charge on any atom is 0.134 e. The van der Waals surface area contributed by atoms with Crippen molar-refractivity contribution in [3.8, 4) is 0 Å². The number of rotatable bonds is 9. The third kappa shape index (κ3) is 5.03. The Kier molecular flexibility index (Phi) is 7.18. The van der Waals surface area contributed by atoms with Crippen LogP contribution in [0, 0.1) is 6.92 Å². The van der Waals surface area contributed by atoms with E-state index in [1.807, 2.05) is 6.92 Å². The molecule has 19 heavy (non-hydrogen) atoms. The van der Waals surface area contributed by atoms with E-state index < -0.39 is 0 Å². The number of ether oxygens (including phenoxy) is 1. The van der Waals surface area contributed by atoms with E-state index in [9.17, 15) is 0 Å². The minimum atomic E-state index is 0.763. The summed E-state index contributed by atoms with van der Waals surface area (Å²) in [6.45, 7) is 8.76. The second-order valence-corrected chi connectivity index (χ2v) is 4.52. The lowest BCUT2D eigenvalue weighted by molar-refractivity contribution is 0.197. The molecule has 0 saturated heterocycles. The van der Waals surface area contributed by atoms with Gasteiger partial charge in [-0.15, -0.1) is 0 Å². The molecular weight excluding hydrogens is 240 g/mol. The molecule has 0 bridgehead atoms. The summed E-state index contributed by atoms with van der Waals surface area (Å²) >= 11 is 0. The lowest BCUT2D eigenvalue weighted by atomic mass is 10.2. The normalized spacial score (nSPS) is 10.5. The van der Waals surface area contributed by atoms with E-state index in [-0.39, 0.29) is 0 Å². The molecule has 0 fully saturated rings. The molecule has 1 rings (SSSR count). The minimum Gasteiger partial charge on any atom is -0.385 e. The van der Waals surface area contributed by atoms with E-state index in [4.69, 9.17) is 4.74 Å². The van der Waals surface area contributed by atoms with Gasteiger partial charge in [-0.05, 0) is 26.7 Å². The second-order valence-electron chi connectivity index (χ2n) is 4.52. The number of hydrogen-bond donors (Lipinski definition) is 2. The first-order chi connectivity index (χ1) is 9.22. The summed E-state index contributed by atoms with van der Waals surface area (Å²) in [5.74, 6) is 2.78. The molecule has 5 nitrogen and oxygen atoms in total. The van der Waals surface area contributed by atoms with Gasteiger partial charge < -0.3 is 15.4 Å². The number of hydrogen-bond acceptors (Lipinski definition) is 5. The fourth-order valence-electron chi connectivity index (χ4n) is 1.83. The first kappa shape index (κ1) is 15.7. The SMILES string of the molecule is CCCc1nc(NCC)c(C)c(NCCCOC)n1. The molecule has 1 heterocycles. The Hall–Kier alpha value is -1.36. The summed E-state index contributed by atoms with van der Waals surface area (Å²) in [4.78, 5) is 9.17. The molecule has 0 spiro atoms. The summed E-state index contributed by atoms with van der Waals surface area (Å²) in [7, 11) is 1.72. The molecule has 0 aliphatic heterocycles. The number of anilines is 2. The van der Waals surface area contributed by atoms with Crippen molar-refractivity contribution >= 4 is 11.6 Å². The van der Waals surface area contributed by atoms with Crippen LogP contribution in [-0.2, 0) is 11.2 Å². The van der Waals surface area contributed by atoms with Gasteiger partial charge in [-0.25, -0.2) is 9.97 Å². The molecule has 2 N–H and O–H groups in total. The lowest BCUT2D eigenvalue weighted by Crippen LogP contribution is -2.12. The van der Waals surface area contributed by atoms with Crippen molar-refractivity contribution in [1.82, 2.24) is 9.97 Å². The lowest BCUT2D eigenvalue weighted by Gasteiger charge is -2.14. The van der Waals surface area contributed by atoms with Crippen molar-refractivity contribution in [2.24, 2.45) is 0 Å². The van der Waals surface area contributed by atoms with Gasteiger partial charge in [0.25, 0.3) is 0 Å². The molecule has 0 aliphatic carbocycles. The third-order valence-corrected chi connectivity index (χ3v) is 2.83. The molecule has 1 aromatic heterocycles. The summed E-state index contributed by atoms with van der Waals surface area (Å²) in [5.41, 5.74) is 1.08. The molecule has 0 saturated carbocycles. The van der Waals surface area contributed by atoms with E-state index in [2.05, 4.69) is 34.4 Å². The average molecular weight is 266 g/mol. The largest absolute Gasteiger partial charge is 0.385 e. The minimum absolute atomic E-state index is 0.763. The zero-order valence-electron chi connectivity index (χ0n) is 12.5. The molecule has 0 amide bonds. The number of nitrogens with one attached hydrogen (secondary N) is 2. The van der Waals surface area contributed by atoms with E-state index in [1.54, 1.807) is 7.11 Å². The summed E-state index contributed by atoms with van der Waals surface area (Å²) in [5, 5.41) is 6.68. The second kappa shape index (κ2) is 8.69. The average Bonchev–Trinajstić information content (AvgIpc) is 2.40. The van der Waals surface area contributed by atoms with E-state index in [0.29, 0.717) is 0 Å². The van der Waals surface area contributed by atoms with Crippen LogP contribution in [0.4, 0.5) is 11.6 Å². The molecule has 108 valence electrons. The molecule has 0 aromatic carbocycles. The summed E-state index contributed by atoms with van der Waals surface area (Å²) < 4.78 is 5.05. The van der Waals surface area contributed by atoms with Gasteiger partial charge >= 0.3 is 0 Å². The fraction of sp³-hybridized carbons (Fsp3) is 0.714. The molecule has 0 unspecified atom stereocenters. The molecule has 0 radical (unpaired) electrons. The maximum absolute atomic E-state index is 5.05. The quantitative estimate of drug-likeness (QED) is 0.673. The van der Waals surface area contributed by atoms with Crippen molar-refractivity contribution in [3.05, 3.63) is 11.4 Å². The number of aryl methyl sites for hydroxylation is 1. The van der Waals surface area contributed by atoms with Crippen LogP contribution in [-0.4, -0.2) is 36.8 Å². The summed E-state index contributed by atoms with van der Waals surface area (Å²) in [6.07, 6.45) is 2.93. The van der Waals surface area contributed by atoms with E-state index >= 15 is 0 Å². The number of aromatic nitrogens is 2. The first-order valence-corrected chi connectivity index (χ1v) is 7.07. The number of nitrogens with zero attached hydrogens (tertiary/aromatic N) is 2. The monoisotopic (exact) mass is 266 g/mol. The predicted octanol–water partition coefficient (Wildman–Crippen LogP) is 2.62. The van der Waals surface area contributed by atoms with Gasteiger partial charge in [0.15, 0.2) is 0 Å². The Labute approximate surface area is 116 Å².